The van der Waals surface area contributed by atoms with Gasteiger partial charge in [-0.2, -0.15) is 0 Å². The van der Waals surface area contributed by atoms with Crippen molar-refractivity contribution >= 4 is 16.9 Å². The van der Waals surface area contributed by atoms with Gasteiger partial charge in [0.25, 0.3) is 5.91 Å². The topological polar surface area (TPSA) is 71.8 Å². The Morgan fingerprint density at radius 2 is 1.70 bits per heavy atom. The van der Waals surface area contributed by atoms with Crippen LogP contribution in [0.25, 0.3) is 22.2 Å². The van der Waals surface area contributed by atoms with E-state index in [1.807, 2.05) is 44.2 Å². The fourth-order valence-electron chi connectivity index (χ4n) is 3.79. The maximum Gasteiger partial charge on any atom is 0.267 e. The average molecular weight is 447 g/mol. The Balaban J connectivity index is 1.84. The lowest BCUT2D eigenvalue weighted by atomic mass is 10.1. The first-order valence-electron chi connectivity index (χ1n) is 10.7. The van der Waals surface area contributed by atoms with Gasteiger partial charge in [0.15, 0.2) is 11.5 Å². The summed E-state index contributed by atoms with van der Waals surface area (Å²) in [6, 6.07) is 14.7. The smallest absolute Gasteiger partial charge is 0.267 e. The second-order valence-corrected chi connectivity index (χ2v) is 7.19. The first kappa shape index (κ1) is 22.2. The molecule has 0 fully saturated rings. The molecule has 4 rings (SSSR count). The number of hydrogen-bond donors (Lipinski definition) is 0. The van der Waals surface area contributed by atoms with Crippen LogP contribution in [0.1, 0.15) is 24.2 Å². The minimum absolute atomic E-state index is 0.239. The number of nitrogens with zero attached hydrogens (tertiary/aromatic N) is 2. The third kappa shape index (κ3) is 4.22. The first-order chi connectivity index (χ1) is 16.1. The fraction of sp³-hybridized carbons (Fsp3) is 0.231. The quantitative estimate of drug-likeness (QED) is 0.370. The predicted molar refractivity (Wildman–Crippen MR) is 127 cm³/mol. The second-order valence-electron chi connectivity index (χ2n) is 7.19. The van der Waals surface area contributed by atoms with Gasteiger partial charge in [-0.3, -0.25) is 9.36 Å². The van der Waals surface area contributed by atoms with E-state index in [1.54, 1.807) is 49.4 Å². The molecule has 0 aliphatic carbocycles. The summed E-state index contributed by atoms with van der Waals surface area (Å²) in [5.41, 5.74) is 2.73. The van der Waals surface area contributed by atoms with Gasteiger partial charge < -0.3 is 18.9 Å². The highest BCUT2D eigenvalue weighted by Crippen LogP contribution is 2.36. The van der Waals surface area contributed by atoms with Crippen LogP contribution >= 0.6 is 0 Å². The van der Waals surface area contributed by atoms with E-state index in [2.05, 4.69) is 4.98 Å². The van der Waals surface area contributed by atoms with Gasteiger partial charge in [0.2, 0.25) is 0 Å². The lowest BCUT2D eigenvalue weighted by Gasteiger charge is -2.12. The standard InChI is InChI=1S/C26H26N2O5/c1-5-32-18-10-11-20(23(15-18)33-6-2)26(29)28-16-21(19-8-7-13-27-25(19)28)17-9-12-22(30-3)24(14-17)31-4/h7-16H,5-6H2,1-4H3. The van der Waals surface area contributed by atoms with Crippen molar-refractivity contribution < 1.29 is 23.7 Å². The van der Waals surface area contributed by atoms with Crippen LogP contribution in [0.3, 0.4) is 0 Å². The summed E-state index contributed by atoms with van der Waals surface area (Å²) in [6.45, 7) is 4.74. The largest absolute Gasteiger partial charge is 0.494 e. The number of hydrogen-bond acceptors (Lipinski definition) is 6. The Kier molecular flexibility index (Phi) is 6.49. The van der Waals surface area contributed by atoms with Crippen molar-refractivity contribution in [2.75, 3.05) is 27.4 Å². The van der Waals surface area contributed by atoms with Gasteiger partial charge in [-0.1, -0.05) is 6.07 Å². The van der Waals surface area contributed by atoms with Gasteiger partial charge in [0, 0.05) is 29.4 Å². The molecule has 33 heavy (non-hydrogen) atoms. The van der Waals surface area contributed by atoms with E-state index in [0.717, 1.165) is 16.5 Å². The molecule has 7 nitrogen and oxygen atoms in total. The van der Waals surface area contributed by atoms with Gasteiger partial charge in [0.05, 0.1) is 33.0 Å². The molecule has 0 atom stereocenters. The number of carbonyl (C=O) groups excluding carboxylic acids is 1. The summed E-state index contributed by atoms with van der Waals surface area (Å²) < 4.78 is 23.7. The van der Waals surface area contributed by atoms with Crippen LogP contribution in [0.2, 0.25) is 0 Å². The van der Waals surface area contributed by atoms with Gasteiger partial charge >= 0.3 is 0 Å². The highest BCUT2D eigenvalue weighted by molar-refractivity contribution is 6.07. The number of pyridine rings is 1. The molecule has 2 aromatic heterocycles. The zero-order valence-corrected chi connectivity index (χ0v) is 19.1. The number of fused-ring (bicyclic) bond motifs is 1. The highest BCUT2D eigenvalue weighted by atomic mass is 16.5. The number of methoxy groups -OCH3 is 2. The van der Waals surface area contributed by atoms with Crippen molar-refractivity contribution in [3.05, 3.63) is 66.5 Å². The molecule has 0 saturated carbocycles. The Morgan fingerprint density at radius 1 is 0.909 bits per heavy atom. The van der Waals surface area contributed by atoms with Crippen LogP contribution in [0.4, 0.5) is 0 Å². The molecule has 4 aromatic rings. The molecular formula is C26H26N2O5. The molecule has 0 bridgehead atoms. The summed E-state index contributed by atoms with van der Waals surface area (Å²) in [5.74, 6) is 2.13. The Bertz CT molecular complexity index is 1300. The molecule has 0 amide bonds. The minimum Gasteiger partial charge on any atom is -0.494 e. The fourth-order valence-corrected chi connectivity index (χ4v) is 3.79. The van der Waals surface area contributed by atoms with Gasteiger partial charge in [-0.25, -0.2) is 4.98 Å². The number of ether oxygens (including phenoxy) is 4. The van der Waals surface area contributed by atoms with Gasteiger partial charge in [-0.05, 0) is 55.8 Å². The molecule has 0 spiro atoms. The molecule has 0 aliphatic heterocycles. The Morgan fingerprint density at radius 3 is 2.42 bits per heavy atom. The average Bonchev–Trinajstić information content (AvgIpc) is 3.23. The molecule has 7 heteroatoms. The lowest BCUT2D eigenvalue weighted by molar-refractivity contribution is 0.0960. The molecule has 170 valence electrons. The number of aromatic nitrogens is 2. The molecule has 2 heterocycles. The summed E-state index contributed by atoms with van der Waals surface area (Å²) in [4.78, 5) is 18.1. The maximum atomic E-state index is 13.7. The van der Waals surface area contributed by atoms with Crippen LogP contribution in [0.5, 0.6) is 23.0 Å². The van der Waals surface area contributed by atoms with E-state index in [4.69, 9.17) is 18.9 Å². The lowest BCUT2D eigenvalue weighted by Crippen LogP contribution is -2.13. The van der Waals surface area contributed by atoms with Crippen LogP contribution in [0.15, 0.2) is 60.9 Å². The zero-order valence-electron chi connectivity index (χ0n) is 19.1. The van der Waals surface area contributed by atoms with E-state index < -0.39 is 0 Å². The van der Waals surface area contributed by atoms with Crippen molar-refractivity contribution in [3.8, 4) is 34.1 Å². The molecule has 0 radical (unpaired) electrons. The highest BCUT2D eigenvalue weighted by Gasteiger charge is 2.21. The number of carbonyl (C=O) groups is 1. The normalized spacial score (nSPS) is 10.8. The van der Waals surface area contributed by atoms with E-state index in [1.165, 1.54) is 0 Å². The summed E-state index contributed by atoms with van der Waals surface area (Å²) >= 11 is 0. The van der Waals surface area contributed by atoms with Gasteiger partial charge in [-0.15, -0.1) is 0 Å². The van der Waals surface area contributed by atoms with E-state index in [-0.39, 0.29) is 5.91 Å². The molecule has 0 saturated heterocycles. The summed E-state index contributed by atoms with van der Waals surface area (Å²) in [7, 11) is 3.19. The Labute approximate surface area is 192 Å². The third-order valence-corrected chi connectivity index (χ3v) is 5.27. The van der Waals surface area contributed by atoms with Crippen LogP contribution in [-0.2, 0) is 0 Å². The van der Waals surface area contributed by atoms with Crippen LogP contribution in [0, 0.1) is 0 Å². The second kappa shape index (κ2) is 9.65. The molecule has 0 aliphatic rings. The van der Waals surface area contributed by atoms with Crippen molar-refractivity contribution in [3.63, 3.8) is 0 Å². The SMILES string of the molecule is CCOc1ccc(C(=O)n2cc(-c3ccc(OC)c(OC)c3)c3cccnc32)c(OCC)c1. The molecular weight excluding hydrogens is 420 g/mol. The maximum absolute atomic E-state index is 13.7. The number of rotatable bonds is 8. The van der Waals surface area contributed by atoms with Crippen molar-refractivity contribution in [2.24, 2.45) is 0 Å². The number of benzene rings is 2. The Hall–Kier alpha value is -4.00. The van der Waals surface area contributed by atoms with Crippen LogP contribution in [-0.4, -0.2) is 42.9 Å². The van der Waals surface area contributed by atoms with Gasteiger partial charge in [0.1, 0.15) is 17.1 Å². The van der Waals surface area contributed by atoms with E-state index in [0.29, 0.717) is 47.4 Å². The first-order valence-corrected chi connectivity index (χ1v) is 10.7. The monoisotopic (exact) mass is 446 g/mol. The van der Waals surface area contributed by atoms with Crippen LogP contribution < -0.4 is 18.9 Å². The minimum atomic E-state index is -0.239. The van der Waals surface area contributed by atoms with Crippen molar-refractivity contribution in [1.82, 2.24) is 9.55 Å². The summed E-state index contributed by atoms with van der Waals surface area (Å²) in [6.07, 6.45) is 3.47. The van der Waals surface area contributed by atoms with E-state index in [9.17, 15) is 4.79 Å². The molecule has 0 N–H and O–H groups in total. The summed E-state index contributed by atoms with van der Waals surface area (Å²) in [5, 5.41) is 0.849. The molecule has 0 unspecified atom stereocenters. The third-order valence-electron chi connectivity index (χ3n) is 5.27. The zero-order chi connectivity index (χ0) is 23.4. The van der Waals surface area contributed by atoms with E-state index >= 15 is 0 Å². The molecule has 2 aromatic carbocycles. The predicted octanol–water partition coefficient (Wildman–Crippen LogP) is 5.21. The van der Waals surface area contributed by atoms with Crippen molar-refractivity contribution in [2.45, 2.75) is 13.8 Å². The van der Waals surface area contributed by atoms with Crippen molar-refractivity contribution in [1.29, 1.82) is 0 Å².